The molecule has 0 aliphatic rings. The summed E-state index contributed by atoms with van der Waals surface area (Å²) in [6, 6.07) is 15.3. The second-order valence-electron chi connectivity index (χ2n) is 7.21. The Labute approximate surface area is 156 Å². The van der Waals surface area contributed by atoms with E-state index >= 15 is 0 Å². The molecule has 0 spiro atoms. The summed E-state index contributed by atoms with van der Waals surface area (Å²) < 4.78 is 11.5. The number of ether oxygens (including phenoxy) is 2. The van der Waals surface area contributed by atoms with Crippen molar-refractivity contribution in [3.63, 3.8) is 0 Å². The molecule has 0 unspecified atom stereocenters. The lowest BCUT2D eigenvalue weighted by Gasteiger charge is -2.21. The first-order valence-electron chi connectivity index (χ1n) is 9.15. The first-order chi connectivity index (χ1) is 12.3. The van der Waals surface area contributed by atoms with E-state index in [4.69, 9.17) is 9.47 Å². The van der Waals surface area contributed by atoms with Crippen LogP contribution in [-0.4, -0.2) is 18.6 Å². The number of para-hydroxylation sites is 2. The first-order valence-corrected chi connectivity index (χ1v) is 9.15. The average molecular weight is 355 g/mol. The van der Waals surface area contributed by atoms with Gasteiger partial charge in [-0.1, -0.05) is 52.0 Å². The molecular weight excluding hydrogens is 326 g/mol. The summed E-state index contributed by atoms with van der Waals surface area (Å²) in [6.07, 6.45) is 0.00841. The molecule has 0 aliphatic carbocycles. The van der Waals surface area contributed by atoms with Crippen LogP contribution in [0.15, 0.2) is 48.5 Å². The monoisotopic (exact) mass is 355 g/mol. The molecule has 0 heterocycles. The number of benzene rings is 2. The van der Waals surface area contributed by atoms with Crippen molar-refractivity contribution >= 4 is 11.6 Å². The first kappa shape index (κ1) is 19.8. The van der Waals surface area contributed by atoms with Crippen LogP contribution in [-0.2, 0) is 10.2 Å². The average Bonchev–Trinajstić information content (AvgIpc) is 2.61. The minimum Gasteiger partial charge on any atom is -0.492 e. The maximum Gasteiger partial charge on any atom is 0.265 e. The van der Waals surface area contributed by atoms with Gasteiger partial charge in [-0.05, 0) is 48.6 Å². The van der Waals surface area contributed by atoms with Crippen LogP contribution in [0.2, 0.25) is 0 Å². The minimum atomic E-state index is -0.565. The highest BCUT2D eigenvalue weighted by atomic mass is 16.5. The Morgan fingerprint density at radius 1 is 1.04 bits per heavy atom. The van der Waals surface area contributed by atoms with Gasteiger partial charge in [0.2, 0.25) is 0 Å². The van der Waals surface area contributed by atoms with E-state index in [1.807, 2.05) is 62.4 Å². The van der Waals surface area contributed by atoms with Crippen LogP contribution in [0.5, 0.6) is 11.5 Å². The summed E-state index contributed by atoms with van der Waals surface area (Å²) in [5.41, 5.74) is 1.97. The molecule has 26 heavy (non-hydrogen) atoms. The van der Waals surface area contributed by atoms with Crippen molar-refractivity contribution in [2.75, 3.05) is 11.9 Å². The summed E-state index contributed by atoms with van der Waals surface area (Å²) in [5.74, 6) is 1.17. The van der Waals surface area contributed by atoms with Crippen LogP contribution < -0.4 is 14.8 Å². The van der Waals surface area contributed by atoms with Crippen LogP contribution in [0.4, 0.5) is 5.69 Å². The molecule has 140 valence electrons. The van der Waals surface area contributed by atoms with Gasteiger partial charge in [-0.25, -0.2) is 0 Å². The highest BCUT2D eigenvalue weighted by molar-refractivity contribution is 5.95. The van der Waals surface area contributed by atoms with Crippen molar-refractivity contribution in [3.8, 4) is 11.5 Å². The summed E-state index contributed by atoms with van der Waals surface area (Å²) in [4.78, 5) is 12.6. The number of carbonyl (C=O) groups is 1. The number of anilines is 1. The van der Waals surface area contributed by atoms with Crippen LogP contribution in [0, 0.1) is 0 Å². The van der Waals surface area contributed by atoms with Crippen molar-refractivity contribution < 1.29 is 14.3 Å². The highest BCUT2D eigenvalue weighted by Gasteiger charge is 2.20. The lowest BCUT2D eigenvalue weighted by Crippen LogP contribution is -2.32. The predicted molar refractivity (Wildman–Crippen MR) is 106 cm³/mol. The molecule has 0 aromatic heterocycles. The number of hydrogen-bond donors (Lipinski definition) is 1. The largest absolute Gasteiger partial charge is 0.492 e. The van der Waals surface area contributed by atoms with Gasteiger partial charge in [0.25, 0.3) is 5.91 Å². The topological polar surface area (TPSA) is 47.6 Å². The van der Waals surface area contributed by atoms with E-state index in [9.17, 15) is 4.79 Å². The molecule has 2 aromatic carbocycles. The Kier molecular flexibility index (Phi) is 6.67. The van der Waals surface area contributed by atoms with Gasteiger partial charge in [0.1, 0.15) is 11.5 Å². The normalized spacial score (nSPS) is 12.3. The zero-order valence-electron chi connectivity index (χ0n) is 16.3. The van der Waals surface area contributed by atoms with Crippen molar-refractivity contribution in [1.29, 1.82) is 0 Å². The van der Waals surface area contributed by atoms with Gasteiger partial charge < -0.3 is 14.8 Å². The molecule has 2 aromatic rings. The third-order valence-electron chi connectivity index (χ3n) is 4.11. The maximum atomic E-state index is 12.6. The summed E-state index contributed by atoms with van der Waals surface area (Å²) >= 11 is 0. The van der Waals surface area contributed by atoms with E-state index in [1.54, 1.807) is 0 Å². The molecular formula is C22H29NO3. The van der Waals surface area contributed by atoms with Crippen LogP contribution >= 0.6 is 0 Å². The highest BCUT2D eigenvalue weighted by Crippen LogP contribution is 2.26. The van der Waals surface area contributed by atoms with Gasteiger partial charge in [0.15, 0.2) is 6.10 Å². The molecule has 4 heteroatoms. The molecule has 0 radical (unpaired) electrons. The van der Waals surface area contributed by atoms with Crippen LogP contribution in [0.25, 0.3) is 0 Å². The maximum absolute atomic E-state index is 12.6. The van der Waals surface area contributed by atoms with Crippen molar-refractivity contribution in [1.82, 2.24) is 0 Å². The predicted octanol–water partition coefficient (Wildman–Crippen LogP) is 5.18. The van der Waals surface area contributed by atoms with Crippen molar-refractivity contribution in [2.45, 2.75) is 52.6 Å². The van der Waals surface area contributed by atoms with Gasteiger partial charge in [-0.3, -0.25) is 4.79 Å². The Bertz CT molecular complexity index is 717. The van der Waals surface area contributed by atoms with Gasteiger partial charge in [0.05, 0.1) is 12.3 Å². The second kappa shape index (κ2) is 8.75. The molecule has 1 amide bonds. The van der Waals surface area contributed by atoms with Gasteiger partial charge in [0, 0.05) is 0 Å². The molecule has 0 saturated heterocycles. The van der Waals surface area contributed by atoms with Gasteiger partial charge >= 0.3 is 0 Å². The van der Waals surface area contributed by atoms with Crippen LogP contribution in [0.3, 0.4) is 0 Å². The minimum absolute atomic E-state index is 0.0864. The molecule has 0 saturated carbocycles. The Balaban J connectivity index is 2.07. The quantitative estimate of drug-likeness (QED) is 0.744. The number of carbonyl (C=O) groups excluding carboxylic acids is 1. The fourth-order valence-corrected chi connectivity index (χ4v) is 2.58. The standard InChI is InChI=1S/C22H29NO3/c1-6-19(26-17-14-12-16(13-15-17)22(3,4)5)21(24)23-18-10-8-9-11-20(18)25-7-2/h8-15,19H,6-7H2,1-5H3,(H,23,24)/t19-/m1/s1. The van der Waals surface area contributed by atoms with E-state index < -0.39 is 6.10 Å². The summed E-state index contributed by atoms with van der Waals surface area (Å²) in [7, 11) is 0. The Morgan fingerprint density at radius 2 is 1.69 bits per heavy atom. The van der Waals surface area contributed by atoms with E-state index in [0.717, 1.165) is 0 Å². The number of hydrogen-bond acceptors (Lipinski definition) is 3. The third kappa shape index (κ3) is 5.25. The number of nitrogens with one attached hydrogen (secondary N) is 1. The molecule has 1 N–H and O–H groups in total. The lowest BCUT2D eigenvalue weighted by molar-refractivity contribution is -0.122. The fraction of sp³-hybridized carbons (Fsp3) is 0.409. The third-order valence-corrected chi connectivity index (χ3v) is 4.11. The molecule has 0 bridgehead atoms. The molecule has 0 fully saturated rings. The zero-order chi connectivity index (χ0) is 19.2. The van der Waals surface area contributed by atoms with E-state index in [-0.39, 0.29) is 11.3 Å². The zero-order valence-corrected chi connectivity index (χ0v) is 16.3. The Hall–Kier alpha value is -2.49. The van der Waals surface area contributed by atoms with E-state index in [0.29, 0.717) is 30.2 Å². The molecule has 0 aliphatic heterocycles. The van der Waals surface area contributed by atoms with Crippen molar-refractivity contribution in [3.05, 3.63) is 54.1 Å². The molecule has 2 rings (SSSR count). The number of amides is 1. The van der Waals surface area contributed by atoms with Gasteiger partial charge in [-0.15, -0.1) is 0 Å². The molecule has 1 atom stereocenters. The second-order valence-corrected chi connectivity index (χ2v) is 7.21. The smallest absolute Gasteiger partial charge is 0.265 e. The fourth-order valence-electron chi connectivity index (χ4n) is 2.58. The SMILES string of the molecule is CCOc1ccccc1NC(=O)[C@@H](CC)Oc1ccc(C(C)(C)C)cc1. The van der Waals surface area contributed by atoms with E-state index in [2.05, 4.69) is 26.1 Å². The Morgan fingerprint density at radius 3 is 2.27 bits per heavy atom. The van der Waals surface area contributed by atoms with Crippen molar-refractivity contribution in [2.24, 2.45) is 0 Å². The molecule has 4 nitrogen and oxygen atoms in total. The summed E-state index contributed by atoms with van der Waals surface area (Å²) in [5, 5.41) is 2.91. The van der Waals surface area contributed by atoms with Crippen LogP contribution in [0.1, 0.15) is 46.6 Å². The summed E-state index contributed by atoms with van der Waals surface area (Å²) in [6.45, 7) is 10.9. The van der Waals surface area contributed by atoms with E-state index in [1.165, 1.54) is 5.56 Å². The van der Waals surface area contributed by atoms with Gasteiger partial charge in [-0.2, -0.15) is 0 Å². The number of rotatable bonds is 7. The lowest BCUT2D eigenvalue weighted by atomic mass is 9.87.